The molecule has 1 aromatic rings. The van der Waals surface area contributed by atoms with Crippen molar-refractivity contribution < 1.29 is 2.85 Å². The maximum absolute atomic E-state index is 5.20. The fourth-order valence-electron chi connectivity index (χ4n) is 2.16. The standard InChI is InChI=1S/C15H24N2S.2H2/c1-4-8-12(5-2)13-9-7-10-14(11-13)17-15(18)16-6-3;;/h7,9-12H,4-6,8H2,1-3H3,(H2,16,17,18);2*1H. The van der Waals surface area contributed by atoms with Gasteiger partial charge in [-0.15, -0.1) is 0 Å². The Balaban J connectivity index is 0. The summed E-state index contributed by atoms with van der Waals surface area (Å²) in [6.07, 6.45) is 3.67. The van der Waals surface area contributed by atoms with Crippen molar-refractivity contribution in [2.75, 3.05) is 11.9 Å². The van der Waals surface area contributed by atoms with E-state index in [1.165, 1.54) is 24.8 Å². The van der Waals surface area contributed by atoms with Crippen LogP contribution < -0.4 is 10.6 Å². The first-order valence-electron chi connectivity index (χ1n) is 6.86. The molecule has 0 bridgehead atoms. The molecule has 0 saturated carbocycles. The van der Waals surface area contributed by atoms with E-state index in [9.17, 15) is 0 Å². The number of nitrogens with one attached hydrogen (secondary N) is 2. The molecule has 0 amide bonds. The van der Waals surface area contributed by atoms with E-state index in [-0.39, 0.29) is 2.85 Å². The normalized spacial score (nSPS) is 11.9. The Morgan fingerprint density at radius 3 is 2.72 bits per heavy atom. The molecule has 0 aliphatic rings. The summed E-state index contributed by atoms with van der Waals surface area (Å²) in [4.78, 5) is 0. The van der Waals surface area contributed by atoms with Gasteiger partial charge in [0.25, 0.3) is 0 Å². The van der Waals surface area contributed by atoms with Gasteiger partial charge in [-0.1, -0.05) is 32.4 Å². The molecule has 0 spiro atoms. The average molecular weight is 268 g/mol. The number of hydrogen-bond acceptors (Lipinski definition) is 1. The first kappa shape index (κ1) is 15.0. The highest BCUT2D eigenvalue weighted by atomic mass is 32.1. The van der Waals surface area contributed by atoms with E-state index in [1.54, 1.807) is 0 Å². The molecule has 0 aliphatic heterocycles. The quantitative estimate of drug-likeness (QED) is 0.726. The van der Waals surface area contributed by atoms with E-state index in [0.29, 0.717) is 11.0 Å². The second kappa shape index (κ2) is 8.09. The van der Waals surface area contributed by atoms with E-state index < -0.39 is 0 Å². The summed E-state index contributed by atoms with van der Waals surface area (Å²) in [7, 11) is 0. The summed E-state index contributed by atoms with van der Waals surface area (Å²) in [6.45, 7) is 7.38. The Morgan fingerprint density at radius 1 is 1.33 bits per heavy atom. The second-order valence-corrected chi connectivity index (χ2v) is 4.91. The van der Waals surface area contributed by atoms with Crippen molar-refractivity contribution in [3.8, 4) is 0 Å². The molecule has 2 N–H and O–H groups in total. The summed E-state index contributed by atoms with van der Waals surface area (Å²) in [6, 6.07) is 8.59. The van der Waals surface area contributed by atoms with E-state index in [1.807, 2.05) is 6.92 Å². The zero-order valence-electron chi connectivity index (χ0n) is 11.6. The fourth-order valence-corrected chi connectivity index (χ4v) is 2.42. The third-order valence-electron chi connectivity index (χ3n) is 3.08. The molecule has 1 rings (SSSR count). The van der Waals surface area contributed by atoms with Crippen LogP contribution in [0.3, 0.4) is 0 Å². The van der Waals surface area contributed by atoms with Crippen LogP contribution in [0.15, 0.2) is 24.3 Å². The highest BCUT2D eigenvalue weighted by Crippen LogP contribution is 2.26. The minimum absolute atomic E-state index is 0. The second-order valence-electron chi connectivity index (χ2n) is 4.50. The van der Waals surface area contributed by atoms with Crippen LogP contribution in [-0.2, 0) is 0 Å². The van der Waals surface area contributed by atoms with Crippen molar-refractivity contribution in [1.82, 2.24) is 5.32 Å². The molecule has 18 heavy (non-hydrogen) atoms. The van der Waals surface area contributed by atoms with Gasteiger partial charge in [0, 0.05) is 15.1 Å². The molecule has 1 aromatic carbocycles. The Kier molecular flexibility index (Phi) is 6.73. The van der Waals surface area contributed by atoms with Gasteiger partial charge in [0.15, 0.2) is 5.11 Å². The highest BCUT2D eigenvalue weighted by Gasteiger charge is 2.08. The van der Waals surface area contributed by atoms with Crippen LogP contribution in [0.4, 0.5) is 5.69 Å². The molecular weight excluding hydrogens is 240 g/mol. The number of benzene rings is 1. The Morgan fingerprint density at radius 2 is 2.11 bits per heavy atom. The largest absolute Gasteiger partial charge is 0.363 e. The minimum Gasteiger partial charge on any atom is -0.363 e. The van der Waals surface area contributed by atoms with Crippen molar-refractivity contribution in [2.24, 2.45) is 0 Å². The monoisotopic (exact) mass is 268 g/mol. The molecule has 0 aromatic heterocycles. The van der Waals surface area contributed by atoms with Crippen LogP contribution in [-0.4, -0.2) is 11.7 Å². The molecule has 0 aliphatic carbocycles. The fraction of sp³-hybridized carbons (Fsp3) is 0.533. The van der Waals surface area contributed by atoms with Gasteiger partial charge in [0.1, 0.15) is 0 Å². The van der Waals surface area contributed by atoms with Crippen molar-refractivity contribution in [3.63, 3.8) is 0 Å². The van der Waals surface area contributed by atoms with Gasteiger partial charge in [-0.2, -0.15) is 0 Å². The molecule has 0 heterocycles. The van der Waals surface area contributed by atoms with Gasteiger partial charge < -0.3 is 10.6 Å². The Hall–Kier alpha value is -1.09. The van der Waals surface area contributed by atoms with Crippen LogP contribution in [0, 0.1) is 0 Å². The van der Waals surface area contributed by atoms with Gasteiger partial charge in [0.05, 0.1) is 0 Å². The van der Waals surface area contributed by atoms with E-state index in [0.717, 1.165) is 12.2 Å². The number of anilines is 1. The van der Waals surface area contributed by atoms with E-state index in [2.05, 4.69) is 48.7 Å². The predicted octanol–water partition coefficient (Wildman–Crippen LogP) is 4.78. The zero-order chi connectivity index (χ0) is 13.4. The van der Waals surface area contributed by atoms with Crippen LogP contribution in [0.5, 0.6) is 0 Å². The average Bonchev–Trinajstić information content (AvgIpc) is 2.36. The first-order valence-corrected chi connectivity index (χ1v) is 7.26. The Labute approximate surface area is 119 Å². The third-order valence-corrected chi connectivity index (χ3v) is 3.33. The maximum atomic E-state index is 5.20. The van der Waals surface area contributed by atoms with E-state index in [4.69, 9.17) is 12.2 Å². The first-order chi connectivity index (χ1) is 8.71. The summed E-state index contributed by atoms with van der Waals surface area (Å²) < 4.78 is 0. The summed E-state index contributed by atoms with van der Waals surface area (Å²) in [5.41, 5.74) is 2.48. The molecule has 3 heteroatoms. The summed E-state index contributed by atoms with van der Waals surface area (Å²) in [5.74, 6) is 0.657. The number of hydrogen-bond donors (Lipinski definition) is 2. The summed E-state index contributed by atoms with van der Waals surface area (Å²) >= 11 is 5.20. The van der Waals surface area contributed by atoms with Gasteiger partial charge in [0.2, 0.25) is 0 Å². The SMILES string of the molecule is CCCC(CC)c1cccc(NC(=S)NCC)c1.[HH].[HH]. The lowest BCUT2D eigenvalue weighted by Crippen LogP contribution is -2.27. The number of rotatable bonds is 6. The highest BCUT2D eigenvalue weighted by molar-refractivity contribution is 7.80. The lowest BCUT2D eigenvalue weighted by Gasteiger charge is -2.16. The van der Waals surface area contributed by atoms with Crippen molar-refractivity contribution in [3.05, 3.63) is 29.8 Å². The predicted molar refractivity (Wildman–Crippen MR) is 88.5 cm³/mol. The molecular formula is C15H28N2S. The summed E-state index contributed by atoms with van der Waals surface area (Å²) in [5, 5.41) is 7.02. The number of thiocarbonyl (C=S) groups is 1. The van der Waals surface area contributed by atoms with Gasteiger partial charge in [-0.25, -0.2) is 0 Å². The zero-order valence-corrected chi connectivity index (χ0v) is 12.4. The van der Waals surface area contributed by atoms with Gasteiger partial charge in [-0.3, -0.25) is 0 Å². The third kappa shape index (κ3) is 4.65. The smallest absolute Gasteiger partial charge is 0.170 e. The van der Waals surface area contributed by atoms with Gasteiger partial charge >= 0.3 is 0 Å². The van der Waals surface area contributed by atoms with Crippen LogP contribution >= 0.6 is 12.2 Å². The molecule has 104 valence electrons. The maximum Gasteiger partial charge on any atom is 0.170 e. The molecule has 2 nitrogen and oxygen atoms in total. The van der Waals surface area contributed by atoms with E-state index >= 15 is 0 Å². The van der Waals surface area contributed by atoms with Crippen molar-refractivity contribution >= 4 is 23.0 Å². The molecule has 0 fully saturated rings. The minimum atomic E-state index is 0. The Bertz CT molecular complexity index is 386. The lowest BCUT2D eigenvalue weighted by atomic mass is 9.92. The topological polar surface area (TPSA) is 24.1 Å². The van der Waals surface area contributed by atoms with Crippen molar-refractivity contribution in [1.29, 1.82) is 0 Å². The van der Waals surface area contributed by atoms with Gasteiger partial charge in [-0.05, 0) is 55.6 Å². The van der Waals surface area contributed by atoms with Crippen LogP contribution in [0.25, 0.3) is 0 Å². The lowest BCUT2D eigenvalue weighted by molar-refractivity contribution is 0.596. The molecule has 0 radical (unpaired) electrons. The van der Waals surface area contributed by atoms with Crippen molar-refractivity contribution in [2.45, 2.75) is 46.0 Å². The molecule has 0 saturated heterocycles. The molecule has 1 unspecified atom stereocenters. The van der Waals surface area contributed by atoms with Crippen LogP contribution in [0.1, 0.15) is 54.4 Å². The van der Waals surface area contributed by atoms with Crippen LogP contribution in [0.2, 0.25) is 0 Å². The molecule has 1 atom stereocenters.